The third kappa shape index (κ3) is 2.85. The van der Waals surface area contributed by atoms with Crippen molar-refractivity contribution >= 4 is 12.0 Å². The number of aliphatic hydroxyl groups is 1. The minimum atomic E-state index is -0.357. The van der Waals surface area contributed by atoms with Crippen molar-refractivity contribution in [3.8, 4) is 5.75 Å². The Morgan fingerprint density at radius 3 is 2.94 bits per heavy atom. The number of carbonyl (C=O) groups excluding carboxylic acids is 1. The number of β-amino-alcohol motifs (C(OH)–C–C–N with tert-alkyl or cyclic N) is 1. The molecule has 1 N–H and O–H groups in total. The molecule has 2 rings (SSSR count). The molecule has 4 heteroatoms. The van der Waals surface area contributed by atoms with Crippen LogP contribution >= 0.6 is 0 Å². The van der Waals surface area contributed by atoms with Crippen molar-refractivity contribution < 1.29 is 14.6 Å². The second kappa shape index (κ2) is 5.01. The van der Waals surface area contributed by atoms with Gasteiger partial charge in [-0.2, -0.15) is 0 Å². The number of nitrogens with zero attached hydrogens (tertiary/aromatic N) is 1. The van der Waals surface area contributed by atoms with Gasteiger partial charge in [0.15, 0.2) is 0 Å². The van der Waals surface area contributed by atoms with Crippen LogP contribution in [0.2, 0.25) is 0 Å². The van der Waals surface area contributed by atoms with Gasteiger partial charge in [0.2, 0.25) is 5.91 Å². The zero-order chi connectivity index (χ0) is 12.3. The van der Waals surface area contributed by atoms with E-state index in [0.29, 0.717) is 13.1 Å². The predicted octanol–water partition coefficient (Wildman–Crippen LogP) is 0.911. The molecule has 90 valence electrons. The van der Waals surface area contributed by atoms with Gasteiger partial charge in [-0.15, -0.1) is 0 Å². The molecule has 0 bridgehead atoms. The molecule has 0 saturated carbocycles. The highest BCUT2D eigenvalue weighted by Crippen LogP contribution is 2.14. The third-order valence-corrected chi connectivity index (χ3v) is 2.69. The van der Waals surface area contributed by atoms with Crippen LogP contribution in [0.3, 0.4) is 0 Å². The first-order valence-corrected chi connectivity index (χ1v) is 5.48. The summed E-state index contributed by atoms with van der Waals surface area (Å²) in [6.07, 6.45) is 2.90. The Kier molecular flexibility index (Phi) is 3.44. The summed E-state index contributed by atoms with van der Waals surface area (Å²) >= 11 is 0. The first-order valence-electron chi connectivity index (χ1n) is 5.48. The van der Waals surface area contributed by atoms with E-state index in [1.165, 1.54) is 6.08 Å². The molecule has 0 atom stereocenters. The number of hydrogen-bond donors (Lipinski definition) is 1. The zero-order valence-corrected chi connectivity index (χ0v) is 9.67. The minimum Gasteiger partial charge on any atom is -0.497 e. The van der Waals surface area contributed by atoms with Crippen molar-refractivity contribution in [2.45, 2.75) is 6.10 Å². The number of methoxy groups -OCH3 is 1. The standard InChI is InChI=1S/C13H15NO3/c1-17-12-4-2-3-10(7-12)5-6-13(16)14-8-11(15)9-14/h2-7,11,15H,8-9H2,1H3/b6-5+. The maximum atomic E-state index is 11.6. The Morgan fingerprint density at radius 1 is 1.53 bits per heavy atom. The van der Waals surface area contributed by atoms with Gasteiger partial charge < -0.3 is 14.7 Å². The van der Waals surface area contributed by atoms with Crippen LogP contribution in [-0.2, 0) is 4.79 Å². The monoisotopic (exact) mass is 233 g/mol. The average molecular weight is 233 g/mol. The summed E-state index contributed by atoms with van der Waals surface area (Å²) < 4.78 is 5.09. The van der Waals surface area contributed by atoms with Crippen molar-refractivity contribution in [1.29, 1.82) is 0 Å². The highest BCUT2D eigenvalue weighted by atomic mass is 16.5. The molecule has 0 radical (unpaired) electrons. The van der Waals surface area contributed by atoms with E-state index in [4.69, 9.17) is 9.84 Å². The van der Waals surface area contributed by atoms with Crippen LogP contribution in [-0.4, -0.2) is 42.2 Å². The molecule has 1 saturated heterocycles. The van der Waals surface area contributed by atoms with Crippen LogP contribution in [0.25, 0.3) is 6.08 Å². The largest absolute Gasteiger partial charge is 0.497 e. The van der Waals surface area contributed by atoms with E-state index in [-0.39, 0.29) is 12.0 Å². The maximum absolute atomic E-state index is 11.6. The second-order valence-electron chi connectivity index (χ2n) is 4.01. The van der Waals surface area contributed by atoms with Gasteiger partial charge in [-0.1, -0.05) is 12.1 Å². The molecule has 4 nitrogen and oxygen atoms in total. The number of likely N-dealkylation sites (tertiary alicyclic amines) is 1. The molecule has 0 unspecified atom stereocenters. The van der Waals surface area contributed by atoms with Gasteiger partial charge in [-0.05, 0) is 23.8 Å². The molecule has 17 heavy (non-hydrogen) atoms. The zero-order valence-electron chi connectivity index (χ0n) is 9.67. The first-order chi connectivity index (χ1) is 8.19. The highest BCUT2D eigenvalue weighted by molar-refractivity contribution is 5.92. The van der Waals surface area contributed by atoms with E-state index >= 15 is 0 Å². The summed E-state index contributed by atoms with van der Waals surface area (Å²) in [4.78, 5) is 13.2. The smallest absolute Gasteiger partial charge is 0.246 e. The van der Waals surface area contributed by atoms with Gasteiger partial charge in [0.25, 0.3) is 0 Å². The molecule has 1 aliphatic heterocycles. The summed E-state index contributed by atoms with van der Waals surface area (Å²) in [7, 11) is 1.61. The van der Waals surface area contributed by atoms with Gasteiger partial charge >= 0.3 is 0 Å². The minimum absolute atomic E-state index is 0.0712. The maximum Gasteiger partial charge on any atom is 0.246 e. The van der Waals surface area contributed by atoms with Crippen LogP contribution in [0, 0.1) is 0 Å². The molecule has 1 fully saturated rings. The van der Waals surface area contributed by atoms with Crippen molar-refractivity contribution in [2.75, 3.05) is 20.2 Å². The normalized spacial score (nSPS) is 16.0. The molecule has 1 amide bonds. The van der Waals surface area contributed by atoms with Crippen molar-refractivity contribution in [2.24, 2.45) is 0 Å². The van der Waals surface area contributed by atoms with Gasteiger partial charge in [0.05, 0.1) is 13.2 Å². The van der Waals surface area contributed by atoms with Crippen LogP contribution in [0.4, 0.5) is 0 Å². The number of hydrogen-bond acceptors (Lipinski definition) is 3. The topological polar surface area (TPSA) is 49.8 Å². The molecule has 1 heterocycles. The van der Waals surface area contributed by atoms with E-state index in [1.54, 1.807) is 18.1 Å². The number of ether oxygens (including phenoxy) is 1. The number of aliphatic hydroxyl groups excluding tert-OH is 1. The summed E-state index contributed by atoms with van der Waals surface area (Å²) in [5.41, 5.74) is 0.916. The lowest BCUT2D eigenvalue weighted by Crippen LogP contribution is -2.52. The van der Waals surface area contributed by atoms with Gasteiger partial charge in [0.1, 0.15) is 5.75 Å². The quantitative estimate of drug-likeness (QED) is 0.789. The van der Waals surface area contributed by atoms with Crippen LogP contribution in [0.15, 0.2) is 30.3 Å². The molecule has 1 aromatic rings. The van der Waals surface area contributed by atoms with E-state index in [1.807, 2.05) is 24.3 Å². The summed E-state index contributed by atoms with van der Waals surface area (Å²) in [6.45, 7) is 0.864. The van der Waals surface area contributed by atoms with Crippen molar-refractivity contribution in [3.63, 3.8) is 0 Å². The lowest BCUT2D eigenvalue weighted by Gasteiger charge is -2.34. The Balaban J connectivity index is 1.97. The van der Waals surface area contributed by atoms with Crippen molar-refractivity contribution in [1.82, 2.24) is 4.90 Å². The summed E-state index contributed by atoms with van der Waals surface area (Å²) in [5, 5.41) is 9.09. The number of rotatable bonds is 3. The molecular weight excluding hydrogens is 218 g/mol. The number of carbonyl (C=O) groups is 1. The van der Waals surface area contributed by atoms with Crippen LogP contribution < -0.4 is 4.74 Å². The molecule has 0 aromatic heterocycles. The lowest BCUT2D eigenvalue weighted by atomic mass is 10.1. The van der Waals surface area contributed by atoms with Crippen molar-refractivity contribution in [3.05, 3.63) is 35.9 Å². The molecule has 0 spiro atoms. The molecule has 1 aromatic carbocycles. The van der Waals surface area contributed by atoms with E-state index in [9.17, 15) is 4.79 Å². The fourth-order valence-electron chi connectivity index (χ4n) is 1.65. The first kappa shape index (κ1) is 11.7. The van der Waals surface area contributed by atoms with Crippen LogP contribution in [0.5, 0.6) is 5.75 Å². The number of amides is 1. The Labute approximate surface area is 100 Å². The Bertz CT molecular complexity index is 436. The lowest BCUT2D eigenvalue weighted by molar-refractivity contribution is -0.135. The fourth-order valence-corrected chi connectivity index (χ4v) is 1.65. The molecular formula is C13H15NO3. The van der Waals surface area contributed by atoms with E-state index in [2.05, 4.69) is 0 Å². The highest BCUT2D eigenvalue weighted by Gasteiger charge is 2.26. The summed E-state index contributed by atoms with van der Waals surface area (Å²) in [5.74, 6) is 0.692. The average Bonchev–Trinajstić information content (AvgIpc) is 2.32. The summed E-state index contributed by atoms with van der Waals surface area (Å²) in [6, 6.07) is 7.48. The number of benzene rings is 1. The van der Waals surface area contributed by atoms with Gasteiger partial charge in [-0.3, -0.25) is 4.79 Å². The second-order valence-corrected chi connectivity index (χ2v) is 4.01. The predicted molar refractivity (Wildman–Crippen MR) is 64.6 cm³/mol. The fraction of sp³-hybridized carbons (Fsp3) is 0.308. The SMILES string of the molecule is COc1cccc(/C=C/C(=O)N2CC(O)C2)c1. The van der Waals surface area contributed by atoms with Crippen LogP contribution in [0.1, 0.15) is 5.56 Å². The van der Waals surface area contributed by atoms with E-state index < -0.39 is 0 Å². The third-order valence-electron chi connectivity index (χ3n) is 2.69. The van der Waals surface area contributed by atoms with E-state index in [0.717, 1.165) is 11.3 Å². The Morgan fingerprint density at radius 2 is 2.29 bits per heavy atom. The molecule has 0 aliphatic carbocycles. The Hall–Kier alpha value is -1.81. The van der Waals surface area contributed by atoms with Gasteiger partial charge in [0, 0.05) is 19.2 Å². The van der Waals surface area contributed by atoms with Gasteiger partial charge in [-0.25, -0.2) is 0 Å². The molecule has 1 aliphatic rings.